The van der Waals surface area contributed by atoms with Crippen LogP contribution in [0.5, 0.6) is 0 Å². The minimum absolute atomic E-state index is 0.0805. The van der Waals surface area contributed by atoms with Crippen LogP contribution in [0.1, 0.15) is 28.2 Å². The number of carboxylic acid groups (broad SMARTS) is 1. The molecule has 0 saturated heterocycles. The van der Waals surface area contributed by atoms with E-state index in [0.717, 1.165) is 44.3 Å². The molecule has 0 aliphatic heterocycles. The first kappa shape index (κ1) is 20.8. The number of carbonyl (C=O) groups is 2. The van der Waals surface area contributed by atoms with Crippen molar-refractivity contribution in [1.82, 2.24) is 10.3 Å². The Morgan fingerprint density at radius 1 is 1.03 bits per heavy atom. The van der Waals surface area contributed by atoms with E-state index in [4.69, 9.17) is 4.74 Å². The van der Waals surface area contributed by atoms with Gasteiger partial charge in [0.25, 0.3) is 0 Å². The number of ether oxygens (including phenoxy) is 1. The highest BCUT2D eigenvalue weighted by Gasteiger charge is 2.30. The zero-order chi connectivity index (χ0) is 22.9. The van der Waals surface area contributed by atoms with E-state index in [1.165, 1.54) is 0 Å². The Morgan fingerprint density at radius 2 is 1.70 bits per heavy atom. The molecule has 1 amide bonds. The second kappa shape index (κ2) is 8.47. The quantitative estimate of drug-likeness (QED) is 0.393. The standard InChI is InChI=1S/C27H24N2O4/c1-16-10-11-24-22(12-16)17(14-28-24)13-25(26(30)31)29-27(32)33-15-23-20-8-4-2-6-18(20)19-7-3-5-9-21(19)23/h2-12,14,23,25,28H,13,15H2,1H3,(H,29,32)(H,30,31)/t25-/m0/s1. The Morgan fingerprint density at radius 3 is 2.36 bits per heavy atom. The summed E-state index contributed by atoms with van der Waals surface area (Å²) in [6.45, 7) is 2.12. The van der Waals surface area contributed by atoms with Crippen LogP contribution in [0, 0.1) is 6.92 Å². The summed E-state index contributed by atoms with van der Waals surface area (Å²) in [6, 6.07) is 21.0. The molecule has 0 saturated carbocycles. The molecule has 1 aliphatic rings. The van der Waals surface area contributed by atoms with Gasteiger partial charge < -0.3 is 20.1 Å². The number of alkyl carbamates (subject to hydrolysis) is 1. The molecule has 6 nitrogen and oxygen atoms in total. The molecule has 0 unspecified atom stereocenters. The summed E-state index contributed by atoms with van der Waals surface area (Å²) in [5.41, 5.74) is 7.34. The van der Waals surface area contributed by atoms with Gasteiger partial charge in [0, 0.05) is 29.4 Å². The number of carbonyl (C=O) groups excluding carboxylic acids is 1. The molecule has 0 radical (unpaired) electrons. The molecule has 1 aromatic heterocycles. The topological polar surface area (TPSA) is 91.4 Å². The number of carboxylic acids is 1. The predicted molar refractivity (Wildman–Crippen MR) is 126 cm³/mol. The molecule has 33 heavy (non-hydrogen) atoms. The van der Waals surface area contributed by atoms with Crippen LogP contribution in [0.25, 0.3) is 22.0 Å². The summed E-state index contributed by atoms with van der Waals surface area (Å²) < 4.78 is 5.52. The Bertz CT molecular complexity index is 1310. The van der Waals surface area contributed by atoms with Crippen LogP contribution in [0.4, 0.5) is 4.79 Å². The number of benzene rings is 3. The lowest BCUT2D eigenvalue weighted by atomic mass is 9.98. The van der Waals surface area contributed by atoms with Crippen molar-refractivity contribution in [3.8, 4) is 11.1 Å². The van der Waals surface area contributed by atoms with Crippen LogP contribution in [-0.2, 0) is 16.0 Å². The van der Waals surface area contributed by atoms with Gasteiger partial charge in [-0.3, -0.25) is 0 Å². The molecule has 0 fully saturated rings. The first-order chi connectivity index (χ1) is 16.0. The highest BCUT2D eigenvalue weighted by Crippen LogP contribution is 2.44. The molecular formula is C27H24N2O4. The van der Waals surface area contributed by atoms with E-state index in [1.54, 1.807) is 6.20 Å². The first-order valence-electron chi connectivity index (χ1n) is 10.9. The number of fused-ring (bicyclic) bond motifs is 4. The van der Waals surface area contributed by atoms with E-state index in [9.17, 15) is 14.7 Å². The number of nitrogens with one attached hydrogen (secondary N) is 2. The van der Waals surface area contributed by atoms with E-state index in [1.807, 2.05) is 61.5 Å². The third-order valence-corrected chi connectivity index (χ3v) is 6.28. The van der Waals surface area contributed by atoms with Gasteiger partial charge in [-0.15, -0.1) is 0 Å². The van der Waals surface area contributed by atoms with Crippen LogP contribution in [0.2, 0.25) is 0 Å². The average molecular weight is 440 g/mol. The maximum absolute atomic E-state index is 12.6. The van der Waals surface area contributed by atoms with E-state index >= 15 is 0 Å². The van der Waals surface area contributed by atoms with Crippen LogP contribution in [0.3, 0.4) is 0 Å². The maximum atomic E-state index is 12.6. The fourth-order valence-electron chi connectivity index (χ4n) is 4.66. The molecule has 5 rings (SSSR count). The smallest absolute Gasteiger partial charge is 0.407 e. The van der Waals surface area contributed by atoms with Crippen molar-refractivity contribution in [3.63, 3.8) is 0 Å². The molecule has 6 heteroatoms. The van der Waals surface area contributed by atoms with Crippen molar-refractivity contribution in [2.75, 3.05) is 6.61 Å². The number of aromatic amines is 1. The zero-order valence-corrected chi connectivity index (χ0v) is 18.2. The van der Waals surface area contributed by atoms with Gasteiger partial charge in [0.2, 0.25) is 0 Å². The van der Waals surface area contributed by atoms with Crippen molar-refractivity contribution in [1.29, 1.82) is 0 Å². The Balaban J connectivity index is 1.29. The lowest BCUT2D eigenvalue weighted by Crippen LogP contribution is -2.42. The summed E-state index contributed by atoms with van der Waals surface area (Å²) in [7, 11) is 0. The molecule has 4 aromatic rings. The average Bonchev–Trinajstić information content (AvgIpc) is 3.35. The predicted octanol–water partition coefficient (Wildman–Crippen LogP) is 5.01. The van der Waals surface area contributed by atoms with Crippen molar-refractivity contribution in [2.45, 2.75) is 25.3 Å². The second-order valence-corrected chi connectivity index (χ2v) is 8.43. The largest absolute Gasteiger partial charge is 0.480 e. The third-order valence-electron chi connectivity index (χ3n) is 6.28. The summed E-state index contributed by atoms with van der Waals surface area (Å²) >= 11 is 0. The van der Waals surface area contributed by atoms with Gasteiger partial charge in [0.15, 0.2) is 0 Å². The highest BCUT2D eigenvalue weighted by molar-refractivity contribution is 5.86. The van der Waals surface area contributed by atoms with Gasteiger partial charge in [-0.2, -0.15) is 0 Å². The lowest BCUT2D eigenvalue weighted by molar-refractivity contribution is -0.139. The van der Waals surface area contributed by atoms with Gasteiger partial charge in [-0.25, -0.2) is 9.59 Å². The number of hydrogen-bond donors (Lipinski definition) is 3. The number of aromatic nitrogens is 1. The minimum atomic E-state index is -1.11. The van der Waals surface area contributed by atoms with Crippen molar-refractivity contribution < 1.29 is 19.4 Å². The maximum Gasteiger partial charge on any atom is 0.407 e. The van der Waals surface area contributed by atoms with E-state index < -0.39 is 18.1 Å². The van der Waals surface area contributed by atoms with Crippen molar-refractivity contribution in [2.24, 2.45) is 0 Å². The monoisotopic (exact) mass is 440 g/mol. The third kappa shape index (κ3) is 3.96. The molecule has 0 spiro atoms. The van der Waals surface area contributed by atoms with Gasteiger partial charge in [-0.1, -0.05) is 60.2 Å². The number of aliphatic carboxylic acids is 1. The SMILES string of the molecule is Cc1ccc2[nH]cc(C[C@H](NC(=O)OCC3c4ccccc4-c4ccccc43)C(=O)O)c2c1. The molecule has 1 atom stereocenters. The molecule has 1 heterocycles. The van der Waals surface area contributed by atoms with E-state index in [0.29, 0.717) is 0 Å². The number of aryl methyl sites for hydroxylation is 1. The molecule has 3 N–H and O–H groups in total. The van der Waals surface area contributed by atoms with Gasteiger partial charge in [0.05, 0.1) is 0 Å². The Labute approximate surface area is 191 Å². The minimum Gasteiger partial charge on any atom is -0.480 e. The summed E-state index contributed by atoms with van der Waals surface area (Å²) in [4.78, 5) is 27.6. The van der Waals surface area contributed by atoms with Crippen LogP contribution in [-0.4, -0.2) is 34.8 Å². The van der Waals surface area contributed by atoms with Crippen LogP contribution >= 0.6 is 0 Å². The fraction of sp³-hybridized carbons (Fsp3) is 0.185. The number of rotatable bonds is 6. The zero-order valence-electron chi connectivity index (χ0n) is 18.2. The summed E-state index contributed by atoms with van der Waals surface area (Å²) in [5.74, 6) is -1.19. The first-order valence-corrected chi connectivity index (χ1v) is 10.9. The highest BCUT2D eigenvalue weighted by atomic mass is 16.5. The van der Waals surface area contributed by atoms with Gasteiger partial charge in [-0.05, 0) is 46.9 Å². The van der Waals surface area contributed by atoms with E-state index in [2.05, 4.69) is 22.4 Å². The molecule has 166 valence electrons. The van der Waals surface area contributed by atoms with Gasteiger partial charge in [0.1, 0.15) is 12.6 Å². The number of hydrogen-bond acceptors (Lipinski definition) is 3. The molecular weight excluding hydrogens is 416 g/mol. The Kier molecular flexibility index (Phi) is 5.34. The summed E-state index contributed by atoms with van der Waals surface area (Å²) in [6.07, 6.45) is 1.21. The number of amides is 1. The van der Waals surface area contributed by atoms with Crippen molar-refractivity contribution >= 4 is 23.0 Å². The van der Waals surface area contributed by atoms with Crippen LogP contribution in [0.15, 0.2) is 72.9 Å². The normalized spacial score (nSPS) is 13.4. The second-order valence-electron chi connectivity index (χ2n) is 8.43. The summed E-state index contributed by atoms with van der Waals surface area (Å²) in [5, 5.41) is 13.2. The molecule has 3 aromatic carbocycles. The van der Waals surface area contributed by atoms with E-state index in [-0.39, 0.29) is 18.9 Å². The number of H-pyrrole nitrogens is 1. The lowest BCUT2D eigenvalue weighted by Gasteiger charge is -2.17. The van der Waals surface area contributed by atoms with Crippen LogP contribution < -0.4 is 5.32 Å². The van der Waals surface area contributed by atoms with Gasteiger partial charge >= 0.3 is 12.1 Å². The Hall–Kier alpha value is -4.06. The molecule has 1 aliphatic carbocycles. The fourth-order valence-corrected chi connectivity index (χ4v) is 4.66. The van der Waals surface area contributed by atoms with Crippen molar-refractivity contribution in [3.05, 3.63) is 95.2 Å². The molecule has 0 bridgehead atoms.